The molecule has 2 aliphatic rings. The molecule has 0 bridgehead atoms. The number of carbonyl (C=O) groups is 1. The van der Waals surface area contributed by atoms with Crippen molar-refractivity contribution in [3.8, 4) is 0 Å². The summed E-state index contributed by atoms with van der Waals surface area (Å²) in [4.78, 5) is 31.2. The van der Waals surface area contributed by atoms with Gasteiger partial charge in [0, 0.05) is 38.6 Å². The molecule has 0 aromatic carbocycles. The van der Waals surface area contributed by atoms with Gasteiger partial charge in [0.05, 0.1) is 35.9 Å². The van der Waals surface area contributed by atoms with E-state index in [1.54, 1.807) is 34.3 Å². The minimum absolute atomic E-state index is 0. The fourth-order valence-electron chi connectivity index (χ4n) is 4.18. The number of amides is 1. The summed E-state index contributed by atoms with van der Waals surface area (Å²) in [6, 6.07) is 3.67. The molecule has 2 aliphatic heterocycles. The molecule has 2 N–H and O–H groups in total. The van der Waals surface area contributed by atoms with E-state index < -0.39 is 6.10 Å². The van der Waals surface area contributed by atoms with Gasteiger partial charge >= 0.3 is 0 Å². The average molecular weight is 503 g/mol. The first-order chi connectivity index (χ1) is 16.2. The predicted octanol–water partition coefficient (Wildman–Crippen LogP) is 1.82. The van der Waals surface area contributed by atoms with Gasteiger partial charge in [-0.1, -0.05) is 11.3 Å². The van der Waals surface area contributed by atoms with E-state index in [1.807, 2.05) is 11.0 Å². The number of fused-ring (bicyclic) bond motifs is 2. The number of hydrogen-bond acceptors (Lipinski definition) is 10. The number of ether oxygens (including phenoxy) is 1. The monoisotopic (exact) mass is 502 g/mol. The van der Waals surface area contributed by atoms with Crippen molar-refractivity contribution in [2.75, 3.05) is 54.5 Å². The maximum absolute atomic E-state index is 13.2. The highest BCUT2D eigenvalue weighted by Gasteiger charge is 2.27. The maximum atomic E-state index is 13.2. The Hall–Kier alpha value is -3.06. The van der Waals surface area contributed by atoms with Crippen molar-refractivity contribution >= 4 is 62.3 Å². The second-order valence-corrected chi connectivity index (χ2v) is 9.07. The topological polar surface area (TPSA) is 121 Å². The number of pyridine rings is 1. The van der Waals surface area contributed by atoms with Crippen LogP contribution in [0.25, 0.3) is 16.0 Å². The maximum Gasteiger partial charge on any atom is 0.261 e. The number of hydrogen-bond donors (Lipinski definition) is 2. The van der Waals surface area contributed by atoms with Crippen LogP contribution in [0.1, 0.15) is 16.8 Å². The number of morpholine rings is 1. The van der Waals surface area contributed by atoms with Crippen LogP contribution in [-0.2, 0) is 4.74 Å². The Balaban J connectivity index is 0.00000241. The summed E-state index contributed by atoms with van der Waals surface area (Å²) in [6.45, 7) is 4.04. The normalized spacial score (nSPS) is 18.4. The molecular formula is C21H23ClN8O3S. The van der Waals surface area contributed by atoms with Crippen LogP contribution in [0.4, 0.5) is 16.6 Å². The van der Waals surface area contributed by atoms with E-state index in [1.165, 1.54) is 6.20 Å². The number of carbonyl (C=O) groups excluding carboxylic acids is 1. The number of β-amino-alcohol motifs (C(OH)–C–C–N with tert-alkyl or cyclic N) is 1. The Morgan fingerprint density at radius 2 is 2.06 bits per heavy atom. The quantitative estimate of drug-likeness (QED) is 0.430. The Morgan fingerprint density at radius 3 is 2.85 bits per heavy atom. The molecule has 1 amide bonds. The minimum atomic E-state index is -0.422. The van der Waals surface area contributed by atoms with Gasteiger partial charge in [-0.25, -0.2) is 14.5 Å². The third kappa shape index (κ3) is 4.13. The molecular weight excluding hydrogens is 480 g/mol. The van der Waals surface area contributed by atoms with Crippen molar-refractivity contribution in [1.82, 2.24) is 24.6 Å². The number of aliphatic hydroxyl groups is 1. The van der Waals surface area contributed by atoms with Crippen LogP contribution in [0.2, 0.25) is 0 Å². The van der Waals surface area contributed by atoms with E-state index in [2.05, 4.69) is 20.3 Å². The number of aliphatic hydroxyl groups excluding tert-OH is 1. The molecule has 1 atom stereocenters. The fraction of sp³-hybridized carbons (Fsp3) is 0.381. The summed E-state index contributed by atoms with van der Waals surface area (Å²) in [5.74, 6) is 0.291. The number of aromatic nitrogens is 5. The molecule has 0 aliphatic carbocycles. The van der Waals surface area contributed by atoms with Crippen molar-refractivity contribution in [2.45, 2.75) is 12.5 Å². The molecule has 0 spiro atoms. The number of anilines is 3. The third-order valence-electron chi connectivity index (χ3n) is 5.87. The van der Waals surface area contributed by atoms with Crippen LogP contribution in [0.15, 0.2) is 30.7 Å². The van der Waals surface area contributed by atoms with E-state index >= 15 is 0 Å². The molecule has 6 rings (SSSR count). The van der Waals surface area contributed by atoms with Crippen LogP contribution >= 0.6 is 23.7 Å². The van der Waals surface area contributed by atoms with E-state index in [9.17, 15) is 9.90 Å². The first kappa shape index (κ1) is 22.7. The van der Waals surface area contributed by atoms with Crippen LogP contribution in [0.3, 0.4) is 0 Å². The highest BCUT2D eigenvalue weighted by molar-refractivity contribution is 7.22. The summed E-state index contributed by atoms with van der Waals surface area (Å²) < 4.78 is 7.89. The van der Waals surface area contributed by atoms with Crippen LogP contribution in [0.5, 0.6) is 0 Å². The van der Waals surface area contributed by atoms with Gasteiger partial charge in [0.2, 0.25) is 0 Å². The summed E-state index contributed by atoms with van der Waals surface area (Å²) >= 11 is 1.55. The molecule has 34 heavy (non-hydrogen) atoms. The van der Waals surface area contributed by atoms with E-state index in [0.717, 1.165) is 22.9 Å². The number of nitrogens with zero attached hydrogens (tertiary/aromatic N) is 7. The van der Waals surface area contributed by atoms with E-state index in [0.29, 0.717) is 61.1 Å². The molecule has 6 heterocycles. The minimum Gasteiger partial charge on any atom is -0.391 e. The summed E-state index contributed by atoms with van der Waals surface area (Å²) in [5.41, 5.74) is 2.07. The van der Waals surface area contributed by atoms with Crippen molar-refractivity contribution in [2.24, 2.45) is 0 Å². The Morgan fingerprint density at radius 1 is 1.21 bits per heavy atom. The highest BCUT2D eigenvalue weighted by atomic mass is 35.5. The Kier molecular flexibility index (Phi) is 6.21. The number of thiazole rings is 1. The van der Waals surface area contributed by atoms with Crippen molar-refractivity contribution in [1.29, 1.82) is 0 Å². The molecule has 1 unspecified atom stereocenters. The molecule has 4 aromatic rings. The summed E-state index contributed by atoms with van der Waals surface area (Å²) in [5, 5.41) is 18.2. The molecule has 0 saturated carbocycles. The number of halogens is 1. The third-order valence-corrected chi connectivity index (χ3v) is 6.92. The lowest BCUT2D eigenvalue weighted by atomic mass is 10.3. The highest BCUT2D eigenvalue weighted by Crippen LogP contribution is 2.36. The zero-order valence-electron chi connectivity index (χ0n) is 18.1. The number of rotatable bonds is 4. The SMILES string of the molecule is Cl.O=C(Nc1cc2sc(N3CCOCC3)nc2nc1N1CCC(O)C1)c1cnn2cccnc12. The molecule has 13 heteroatoms. The van der Waals surface area contributed by atoms with Gasteiger partial charge in [-0.2, -0.15) is 10.1 Å². The second kappa shape index (κ2) is 9.29. The van der Waals surface area contributed by atoms with Crippen molar-refractivity contribution < 1.29 is 14.6 Å². The smallest absolute Gasteiger partial charge is 0.261 e. The summed E-state index contributed by atoms with van der Waals surface area (Å²) in [7, 11) is 0. The first-order valence-corrected chi connectivity index (χ1v) is 11.6. The standard InChI is InChI=1S/C21H22N8O3S.ClH/c30-13-2-5-28(12-13)19-15(24-20(31)14-11-23-29-4-1-3-22-18(14)29)10-16-17(25-19)26-21(33-16)27-6-8-32-9-7-27;/h1,3-4,10-11,13,30H,2,5-9,12H2,(H,24,31);1H. The lowest BCUT2D eigenvalue weighted by Gasteiger charge is -2.25. The molecule has 178 valence electrons. The van der Waals surface area contributed by atoms with Crippen LogP contribution in [0, 0.1) is 0 Å². The molecule has 2 saturated heterocycles. The van der Waals surface area contributed by atoms with Gasteiger partial charge in [0.15, 0.2) is 22.2 Å². The lowest BCUT2D eigenvalue weighted by molar-refractivity contribution is 0.102. The van der Waals surface area contributed by atoms with Gasteiger partial charge < -0.3 is 25.0 Å². The van der Waals surface area contributed by atoms with Crippen LogP contribution < -0.4 is 15.1 Å². The predicted molar refractivity (Wildman–Crippen MR) is 131 cm³/mol. The van der Waals surface area contributed by atoms with Gasteiger partial charge in [-0.3, -0.25) is 4.79 Å². The van der Waals surface area contributed by atoms with Crippen LogP contribution in [-0.4, -0.2) is 81.1 Å². The van der Waals surface area contributed by atoms with Gasteiger partial charge in [0.1, 0.15) is 5.56 Å². The Labute approximate surface area is 204 Å². The van der Waals surface area contributed by atoms with Gasteiger partial charge in [-0.05, 0) is 18.6 Å². The zero-order valence-corrected chi connectivity index (χ0v) is 19.8. The summed E-state index contributed by atoms with van der Waals surface area (Å²) in [6.07, 6.45) is 5.11. The largest absolute Gasteiger partial charge is 0.391 e. The molecule has 11 nitrogen and oxygen atoms in total. The first-order valence-electron chi connectivity index (χ1n) is 10.8. The van der Waals surface area contributed by atoms with E-state index in [4.69, 9.17) is 14.7 Å². The molecule has 2 fully saturated rings. The Bertz CT molecular complexity index is 1340. The van der Waals surface area contributed by atoms with Gasteiger partial charge in [0.25, 0.3) is 5.91 Å². The fourth-order valence-corrected chi connectivity index (χ4v) is 5.18. The molecule has 0 radical (unpaired) electrons. The van der Waals surface area contributed by atoms with E-state index in [-0.39, 0.29) is 18.3 Å². The van der Waals surface area contributed by atoms with Crippen molar-refractivity contribution in [3.63, 3.8) is 0 Å². The average Bonchev–Trinajstić information content (AvgIpc) is 3.56. The van der Waals surface area contributed by atoms with Crippen molar-refractivity contribution in [3.05, 3.63) is 36.3 Å². The second-order valence-electron chi connectivity index (χ2n) is 8.07. The number of nitrogens with one attached hydrogen (secondary N) is 1. The zero-order chi connectivity index (χ0) is 22.4. The lowest BCUT2D eigenvalue weighted by Crippen LogP contribution is -2.36. The van der Waals surface area contributed by atoms with Gasteiger partial charge in [-0.15, -0.1) is 12.4 Å². The molecule has 4 aromatic heterocycles.